The molecule has 0 saturated heterocycles. The van der Waals surface area contributed by atoms with Gasteiger partial charge in [-0.3, -0.25) is 15.1 Å². The number of aryl methyl sites for hydroxylation is 10. The van der Waals surface area contributed by atoms with Crippen LogP contribution in [-0.2, 0) is 124 Å². The number of nitrogens with one attached hydrogen (secondary N) is 1. The molecular weight excluding hydrogens is 2350 g/mol. The summed E-state index contributed by atoms with van der Waals surface area (Å²) in [4.78, 5) is 19.3. The maximum Gasteiger partial charge on any atom is 0.137 e. The molecule has 4 unspecified atom stereocenters. The van der Waals surface area contributed by atoms with Crippen LogP contribution < -0.4 is 0 Å². The minimum atomic E-state index is 0. The van der Waals surface area contributed by atoms with E-state index in [0.29, 0.717) is 32.5 Å². The Morgan fingerprint density at radius 1 is 0.304 bits per heavy atom. The van der Waals surface area contributed by atoms with Gasteiger partial charge in [-0.15, -0.1) is 117 Å². The molecule has 10 heteroatoms. The molecule has 8 saturated carbocycles. The van der Waals surface area contributed by atoms with E-state index in [4.69, 9.17) is 19.9 Å². The molecule has 1 N–H and O–H groups in total. The first-order chi connectivity index (χ1) is 61.7. The number of H-pyrrole nitrogens is 1. The van der Waals surface area contributed by atoms with E-state index >= 15 is 0 Å². The fourth-order valence-corrected chi connectivity index (χ4v) is 33.1. The number of hydrogen-bond donors (Lipinski definition) is 1. The number of aromatic amines is 1. The zero-order valence-electron chi connectivity index (χ0n) is 85.3. The monoisotopic (exact) mass is 2500 g/mol. The van der Waals surface area contributed by atoms with Crippen molar-refractivity contribution in [1.29, 1.82) is 0 Å². The second-order valence-electron chi connectivity index (χ2n) is 50.5. The van der Waals surface area contributed by atoms with Crippen LogP contribution in [0, 0.1) is 150 Å². The van der Waals surface area contributed by atoms with Crippen molar-refractivity contribution >= 4 is 0 Å². The van der Waals surface area contributed by atoms with Gasteiger partial charge in [-0.05, 0) is 311 Å². The van der Waals surface area contributed by atoms with Crippen molar-refractivity contribution in [2.45, 2.75) is 326 Å². The fourth-order valence-electron chi connectivity index (χ4n) is 33.1. The third-order valence-corrected chi connectivity index (χ3v) is 36.9. The molecule has 12 aromatic rings. The molecule has 4 atom stereocenters. The molecule has 4 heterocycles. The average molecular weight is 2500 g/mol. The molecule has 24 rings (SSSR count). The Morgan fingerprint density at radius 2 is 0.681 bits per heavy atom. The molecule has 0 amide bonds. The smallest absolute Gasteiger partial charge is 0.137 e. The first kappa shape index (κ1) is 99.5. The maximum absolute atomic E-state index is 4.90. The van der Waals surface area contributed by atoms with E-state index in [1.165, 1.54) is 214 Å². The summed E-state index contributed by atoms with van der Waals surface area (Å²) in [5.41, 5.74) is 46.5. The molecule has 0 spiro atoms. The van der Waals surface area contributed by atoms with Crippen LogP contribution in [0.15, 0.2) is 164 Å². The molecule has 8 fully saturated rings. The number of benzene rings is 8. The Balaban J connectivity index is 0.000000124. The largest absolute Gasteiger partial charge is 0.304 e. The van der Waals surface area contributed by atoms with Crippen molar-refractivity contribution in [3.05, 3.63) is 289 Å². The van der Waals surface area contributed by atoms with E-state index in [-0.39, 0.29) is 124 Å². The van der Waals surface area contributed by atoms with Gasteiger partial charge in [0, 0.05) is 116 Å². The van der Waals surface area contributed by atoms with Gasteiger partial charge in [0.15, 0.2) is 0 Å². The molecule has 0 aliphatic heterocycles. The first-order valence-electron chi connectivity index (χ1n) is 50.1. The summed E-state index contributed by atoms with van der Waals surface area (Å²) in [6.07, 6.45) is 26.2. The van der Waals surface area contributed by atoms with Crippen molar-refractivity contribution < 1.29 is 80.4 Å². The van der Waals surface area contributed by atoms with Gasteiger partial charge in [-0.1, -0.05) is 286 Å². The van der Waals surface area contributed by atoms with Crippen LogP contribution >= 0.6 is 0 Å². The van der Waals surface area contributed by atoms with Crippen molar-refractivity contribution in [2.75, 3.05) is 0 Å². The quantitative estimate of drug-likeness (QED) is 0.178. The van der Waals surface area contributed by atoms with Crippen molar-refractivity contribution in [3.8, 4) is 89.7 Å². The predicted octanol–water partition coefficient (Wildman–Crippen LogP) is 31.7. The Hall–Kier alpha value is -7.05. The van der Waals surface area contributed by atoms with Crippen LogP contribution in [0.4, 0.5) is 0 Å². The Bertz CT molecular complexity index is 6600. The minimum Gasteiger partial charge on any atom is -0.304 e. The van der Waals surface area contributed by atoms with E-state index in [1.807, 2.05) is 25.5 Å². The molecule has 12 aliphatic rings. The number of nitrogens with zero attached hydrogens (tertiary/aromatic N) is 5. The van der Waals surface area contributed by atoms with Gasteiger partial charge >= 0.3 is 0 Å². The molecule has 135 heavy (non-hydrogen) atoms. The molecule has 4 aromatic heterocycles. The van der Waals surface area contributed by atoms with Gasteiger partial charge in [0.25, 0.3) is 0 Å². The molecule has 6 nitrogen and oxygen atoms in total. The maximum atomic E-state index is 4.90. The first-order valence-corrected chi connectivity index (χ1v) is 50.1. The van der Waals surface area contributed by atoms with E-state index in [2.05, 4.69) is 353 Å². The van der Waals surface area contributed by atoms with E-state index in [9.17, 15) is 0 Å². The van der Waals surface area contributed by atoms with E-state index in [0.717, 1.165) is 69.1 Å². The number of rotatable bonds is 4. The Kier molecular flexibility index (Phi) is 24.9. The van der Waals surface area contributed by atoms with Crippen LogP contribution in [0.25, 0.3) is 89.7 Å². The van der Waals surface area contributed by atoms with Gasteiger partial charge < -0.3 is 9.97 Å². The zero-order chi connectivity index (χ0) is 92.4. The average Bonchev–Trinajstić information content (AvgIpc) is 1.53. The molecular formula is C125H142Ir4N6-4. The third-order valence-electron chi connectivity index (χ3n) is 36.9. The van der Waals surface area contributed by atoms with Crippen LogP contribution in [0.1, 0.15) is 314 Å². The zero-order valence-corrected chi connectivity index (χ0v) is 94.9. The minimum absolute atomic E-state index is 0. The summed E-state index contributed by atoms with van der Waals surface area (Å²) in [5.74, 6) is 4.65. The van der Waals surface area contributed by atoms with Crippen molar-refractivity contribution in [2.24, 2.45) is 56.2 Å². The van der Waals surface area contributed by atoms with Gasteiger partial charge in [-0.25, -0.2) is 0 Å². The molecule has 0 bridgehead atoms. The molecule has 8 aromatic carbocycles. The summed E-state index contributed by atoms with van der Waals surface area (Å²) in [6.45, 7) is 61.6. The van der Waals surface area contributed by atoms with Crippen molar-refractivity contribution in [3.63, 3.8) is 0 Å². The van der Waals surface area contributed by atoms with Crippen LogP contribution in [-0.4, -0.2) is 30.1 Å². The van der Waals surface area contributed by atoms with Gasteiger partial charge in [0.2, 0.25) is 0 Å². The van der Waals surface area contributed by atoms with Gasteiger partial charge in [-0.2, -0.15) is 5.10 Å². The normalized spacial score (nSPS) is 29.0. The number of hydrogen-bond acceptors (Lipinski definition) is 5. The number of fused-ring (bicyclic) bond motifs is 12. The number of pyridine rings is 3. The van der Waals surface area contributed by atoms with Crippen molar-refractivity contribution in [1.82, 2.24) is 30.1 Å². The van der Waals surface area contributed by atoms with Crippen LogP contribution in [0.3, 0.4) is 0 Å². The molecule has 712 valence electrons. The summed E-state index contributed by atoms with van der Waals surface area (Å²) in [5, 5.41) is 7.57. The second-order valence-corrected chi connectivity index (χ2v) is 50.5. The Labute approximate surface area is 863 Å². The SMILES string of the molecule is Cc1ccc2c(c1)C13CC(C)(C)CC1(CC(C)(C)C3)c1[c-]c(-c3cc(C)c(C)cn3)ccc1-2.Cc1ccc2c(c1)C13CC(C)(C)CC1(CC(C)(C)C3)c1c(-c3nc(C)n[nH]3)[c-]ccc1-2.Cc1ccc2c(c1)C13CC(C)(C)CC1(CC(C)(C)C3)c1cc[c-]c(-c3cc(C)c(C)cn3)c1-2.Cc1cnc(-c2[c-]c3c(cc2)C24CC(C)C(C)CC2(CC(C)C(C)C4)c2ccccc2-3)cc1C.[Ir].[Ir].[Ir].[Ir]. The van der Waals surface area contributed by atoms with E-state index in [1.54, 1.807) is 33.4 Å². The standard InChI is InChI=1S/C33H38N.2C32H36N.C28H32N3.4Ir/c1-20-13-31(34-19-25(20)6)26-11-12-30-28(14-26)27-9-7-8-10-29(27)32-15-21(2)23(4)17-33(30,32)18-24(5)22(3)16-32;1-20-8-10-24-25-11-9-23(28-13-21(2)22(3)15-33-28)14-27(25)32-18-29(4,5)16-31(32,26(24)12-20)17-30(6,7)19-32;1-20-11-12-23-26(13-20)32-18-29(4,5)16-31(32,17-30(6,7)19-32)25-10-8-9-24(28(23)25)27-14-21(2)22(3)15-33-27;1-17-10-11-19-20-8-7-9-21(24-29-18(2)30-31-24)23(20)28-15-25(3,4)13-27(28,22(19)12-17)14-26(5,6)16-28;;;;/h7-13,19,21-24H,15-18H2,1-6H3;8-13,15H,16-19H2,1-7H3;8,10-15H,16-19H2,1-7H3;7-8,10-12H,13-16H2,1-6H3,(H,29,30,31);;;;/q4*-1;;;;. The second kappa shape index (κ2) is 33.8. The molecule has 4 radical (unpaired) electrons. The van der Waals surface area contributed by atoms with Crippen LogP contribution in [0.2, 0.25) is 0 Å². The summed E-state index contributed by atoms with van der Waals surface area (Å²) in [6, 6.07) is 71.3. The van der Waals surface area contributed by atoms with Gasteiger partial charge in [0.1, 0.15) is 5.82 Å². The third kappa shape index (κ3) is 15.2. The molecule has 12 aliphatic carbocycles. The topological polar surface area (TPSA) is 80.2 Å². The van der Waals surface area contributed by atoms with Crippen LogP contribution in [0.5, 0.6) is 0 Å². The summed E-state index contributed by atoms with van der Waals surface area (Å²) >= 11 is 0. The van der Waals surface area contributed by atoms with Gasteiger partial charge in [0.05, 0.1) is 5.82 Å². The Morgan fingerprint density at radius 3 is 1.16 bits per heavy atom. The van der Waals surface area contributed by atoms with E-state index < -0.39 is 0 Å². The summed E-state index contributed by atoms with van der Waals surface area (Å²) in [7, 11) is 0. The summed E-state index contributed by atoms with van der Waals surface area (Å²) < 4.78 is 0. The predicted molar refractivity (Wildman–Crippen MR) is 542 cm³/mol. The fraction of sp³-hybridized carbons (Fsp3) is 0.480. The number of aromatic nitrogens is 6.